The lowest BCUT2D eigenvalue weighted by atomic mass is 9.95. The van der Waals surface area contributed by atoms with Gasteiger partial charge in [-0.15, -0.1) is 11.3 Å². The van der Waals surface area contributed by atoms with Crippen molar-refractivity contribution in [3.8, 4) is 0 Å². The molecular weight excluding hydrogens is 298 g/mol. The van der Waals surface area contributed by atoms with Crippen molar-refractivity contribution in [1.29, 1.82) is 0 Å². The minimum Gasteiger partial charge on any atom is -0.309 e. The SMILES string of the molecule is CN(C)CC/C=C1/c2ccccc2CS(=O)c2sccc21. The second-order valence-electron chi connectivity index (χ2n) is 5.48. The molecule has 2 nitrogen and oxygen atoms in total. The summed E-state index contributed by atoms with van der Waals surface area (Å²) >= 11 is 1.61. The van der Waals surface area contributed by atoms with Gasteiger partial charge in [-0.2, -0.15) is 0 Å². The van der Waals surface area contributed by atoms with Crippen LogP contribution in [-0.4, -0.2) is 29.7 Å². The average Bonchev–Trinajstić information content (AvgIpc) is 2.90. The number of hydrogen-bond donors (Lipinski definition) is 0. The molecular formula is C17H19NOS2. The van der Waals surface area contributed by atoms with Crippen molar-refractivity contribution in [2.24, 2.45) is 0 Å². The van der Waals surface area contributed by atoms with Gasteiger partial charge in [0.25, 0.3) is 0 Å². The van der Waals surface area contributed by atoms with E-state index in [4.69, 9.17) is 0 Å². The second kappa shape index (κ2) is 6.26. The molecule has 21 heavy (non-hydrogen) atoms. The van der Waals surface area contributed by atoms with Gasteiger partial charge in [-0.3, -0.25) is 4.21 Å². The maximum absolute atomic E-state index is 12.5. The quantitative estimate of drug-likeness (QED) is 0.859. The predicted molar refractivity (Wildman–Crippen MR) is 91.1 cm³/mol. The minimum atomic E-state index is -0.931. The Bertz CT molecular complexity index is 700. The van der Waals surface area contributed by atoms with Crippen LogP contribution in [0.2, 0.25) is 0 Å². The summed E-state index contributed by atoms with van der Waals surface area (Å²) in [5, 5.41) is 2.05. The fraction of sp³-hybridized carbons (Fsp3) is 0.294. The van der Waals surface area contributed by atoms with Gasteiger partial charge in [-0.05, 0) is 48.7 Å². The molecule has 0 radical (unpaired) electrons. The van der Waals surface area contributed by atoms with E-state index < -0.39 is 10.8 Å². The zero-order chi connectivity index (χ0) is 14.8. The summed E-state index contributed by atoms with van der Waals surface area (Å²) in [7, 11) is 3.25. The van der Waals surface area contributed by atoms with Crippen molar-refractivity contribution in [3.05, 3.63) is 58.5 Å². The Morgan fingerprint density at radius 1 is 1.24 bits per heavy atom. The van der Waals surface area contributed by atoms with Gasteiger partial charge in [0.05, 0.1) is 20.8 Å². The van der Waals surface area contributed by atoms with E-state index >= 15 is 0 Å². The number of fused-ring (bicyclic) bond motifs is 2. The third kappa shape index (κ3) is 3.03. The molecule has 2 heterocycles. The van der Waals surface area contributed by atoms with Crippen molar-refractivity contribution < 1.29 is 4.21 Å². The first-order chi connectivity index (χ1) is 10.2. The molecule has 1 atom stereocenters. The second-order valence-corrected chi connectivity index (χ2v) is 8.04. The molecule has 4 heteroatoms. The predicted octanol–water partition coefficient (Wildman–Crippen LogP) is 3.75. The molecule has 0 spiro atoms. The highest BCUT2D eigenvalue weighted by molar-refractivity contribution is 7.86. The molecule has 0 saturated heterocycles. The fourth-order valence-corrected chi connectivity index (χ4v) is 5.11. The minimum absolute atomic E-state index is 0.620. The van der Waals surface area contributed by atoms with E-state index in [1.54, 1.807) is 11.3 Å². The number of thiophene rings is 1. The maximum Gasteiger partial charge on any atom is 0.0992 e. The van der Waals surface area contributed by atoms with E-state index in [1.807, 2.05) is 6.07 Å². The highest BCUT2D eigenvalue weighted by atomic mass is 32.2. The van der Waals surface area contributed by atoms with Crippen LogP contribution in [0.15, 0.2) is 46.0 Å². The molecule has 110 valence electrons. The molecule has 2 aromatic rings. The fourth-order valence-electron chi connectivity index (χ4n) is 2.62. The summed E-state index contributed by atoms with van der Waals surface area (Å²) in [5.74, 6) is 0.620. The van der Waals surface area contributed by atoms with E-state index in [0.717, 1.165) is 22.7 Å². The van der Waals surface area contributed by atoms with Crippen LogP contribution < -0.4 is 0 Å². The molecule has 1 aromatic carbocycles. The number of nitrogens with zero attached hydrogens (tertiary/aromatic N) is 1. The number of hydrogen-bond acceptors (Lipinski definition) is 3. The third-order valence-corrected chi connectivity index (χ3v) is 6.40. The Morgan fingerprint density at radius 2 is 2.05 bits per heavy atom. The summed E-state index contributed by atoms with van der Waals surface area (Å²) in [6.07, 6.45) is 3.30. The van der Waals surface area contributed by atoms with E-state index in [9.17, 15) is 4.21 Å². The summed E-state index contributed by atoms with van der Waals surface area (Å²) < 4.78 is 13.6. The molecule has 0 amide bonds. The maximum atomic E-state index is 12.5. The molecule has 1 aliphatic heterocycles. The first-order valence-corrected chi connectivity index (χ1v) is 9.26. The Kier molecular flexibility index (Phi) is 4.38. The summed E-state index contributed by atoms with van der Waals surface area (Å²) in [5.41, 5.74) is 4.83. The molecule has 0 N–H and O–H groups in total. The van der Waals surface area contributed by atoms with Gasteiger partial charge < -0.3 is 4.90 Å². The van der Waals surface area contributed by atoms with Crippen LogP contribution in [0, 0.1) is 0 Å². The van der Waals surface area contributed by atoms with Gasteiger partial charge in [-0.1, -0.05) is 30.3 Å². The summed E-state index contributed by atoms with van der Waals surface area (Å²) in [6, 6.07) is 10.5. The molecule has 3 rings (SSSR count). The van der Waals surface area contributed by atoms with Crippen LogP contribution in [0.3, 0.4) is 0 Å². The Hall–Kier alpha value is -1.23. The van der Waals surface area contributed by atoms with E-state index in [0.29, 0.717) is 5.75 Å². The van der Waals surface area contributed by atoms with Crippen LogP contribution in [0.4, 0.5) is 0 Å². The van der Waals surface area contributed by atoms with Crippen LogP contribution in [0.5, 0.6) is 0 Å². The zero-order valence-electron chi connectivity index (χ0n) is 12.3. The topological polar surface area (TPSA) is 20.3 Å². The third-order valence-electron chi connectivity index (χ3n) is 3.65. The van der Waals surface area contributed by atoms with Gasteiger partial charge in [0.2, 0.25) is 0 Å². The van der Waals surface area contributed by atoms with Crippen LogP contribution in [0.25, 0.3) is 5.57 Å². The molecule has 1 aromatic heterocycles. The van der Waals surface area contributed by atoms with Gasteiger partial charge in [0, 0.05) is 12.1 Å². The molecule has 0 fully saturated rings. The van der Waals surface area contributed by atoms with Gasteiger partial charge in [0.1, 0.15) is 0 Å². The number of benzene rings is 1. The first kappa shape index (κ1) is 14.7. The lowest BCUT2D eigenvalue weighted by molar-refractivity contribution is 0.417. The molecule has 1 unspecified atom stereocenters. The van der Waals surface area contributed by atoms with Crippen LogP contribution in [-0.2, 0) is 16.6 Å². The summed E-state index contributed by atoms with van der Waals surface area (Å²) in [6.45, 7) is 1.02. The molecule has 0 saturated carbocycles. The van der Waals surface area contributed by atoms with Gasteiger partial charge in [-0.25, -0.2) is 0 Å². The van der Waals surface area contributed by atoms with Crippen LogP contribution >= 0.6 is 11.3 Å². The van der Waals surface area contributed by atoms with Crippen LogP contribution in [0.1, 0.15) is 23.1 Å². The Morgan fingerprint density at radius 3 is 2.86 bits per heavy atom. The van der Waals surface area contributed by atoms with Gasteiger partial charge >= 0.3 is 0 Å². The van der Waals surface area contributed by atoms with Crippen molar-refractivity contribution in [3.63, 3.8) is 0 Å². The smallest absolute Gasteiger partial charge is 0.0992 e. The zero-order valence-corrected chi connectivity index (χ0v) is 14.0. The average molecular weight is 317 g/mol. The Labute approximate surface area is 132 Å². The van der Waals surface area contributed by atoms with Crippen molar-refractivity contribution >= 4 is 27.7 Å². The highest BCUT2D eigenvalue weighted by Crippen LogP contribution is 2.38. The normalized spacial score (nSPS) is 19.4. The number of rotatable bonds is 3. The molecule has 0 bridgehead atoms. The molecule has 0 aliphatic carbocycles. The van der Waals surface area contributed by atoms with Crippen molar-refractivity contribution in [2.45, 2.75) is 16.4 Å². The summed E-state index contributed by atoms with van der Waals surface area (Å²) in [4.78, 5) is 2.19. The largest absolute Gasteiger partial charge is 0.309 e. The lowest BCUT2D eigenvalue weighted by Crippen LogP contribution is -2.12. The van der Waals surface area contributed by atoms with E-state index in [-0.39, 0.29) is 0 Å². The van der Waals surface area contributed by atoms with Crippen molar-refractivity contribution in [2.75, 3.05) is 20.6 Å². The van der Waals surface area contributed by atoms with Gasteiger partial charge in [0.15, 0.2) is 0 Å². The Balaban J connectivity index is 2.10. The lowest BCUT2D eigenvalue weighted by Gasteiger charge is -2.11. The highest BCUT2D eigenvalue weighted by Gasteiger charge is 2.23. The van der Waals surface area contributed by atoms with Crippen molar-refractivity contribution in [1.82, 2.24) is 4.90 Å². The molecule has 1 aliphatic rings. The van der Waals surface area contributed by atoms with E-state index in [1.165, 1.54) is 16.7 Å². The standard InChI is InChI=1S/C17H19NOS2/c1-18(2)10-5-8-15-14-7-4-3-6-13(14)12-21(19)17-16(15)9-11-20-17/h3-4,6-9,11H,5,10,12H2,1-2H3/b15-8-. The monoisotopic (exact) mass is 317 g/mol. The van der Waals surface area contributed by atoms with E-state index in [2.05, 4.69) is 54.7 Å². The first-order valence-electron chi connectivity index (χ1n) is 7.06.